The van der Waals surface area contributed by atoms with E-state index in [-0.39, 0.29) is 0 Å². The van der Waals surface area contributed by atoms with Gasteiger partial charge in [-0.05, 0) is 19.3 Å². The molecule has 100 valence electrons. The maximum Gasteiger partial charge on any atom is 0.331 e. The molecule has 0 saturated heterocycles. The van der Waals surface area contributed by atoms with E-state index in [1.165, 1.54) is 32.1 Å². The number of unbranched alkanes of at least 4 members (excludes halogenated alkanes) is 1. The Morgan fingerprint density at radius 1 is 1.24 bits per heavy atom. The fraction of sp³-hybridized carbons (Fsp3) is 0.786. The lowest BCUT2D eigenvalue weighted by Gasteiger charge is -2.16. The minimum absolute atomic E-state index is 0.503. The summed E-state index contributed by atoms with van der Waals surface area (Å²) in [6, 6.07) is 0.531. The van der Waals surface area contributed by atoms with Gasteiger partial charge in [-0.15, -0.1) is 0 Å². The molecule has 0 aliphatic rings. The van der Waals surface area contributed by atoms with Crippen LogP contribution in [0.4, 0.5) is 0 Å². The molecule has 0 aromatic heterocycles. The molecule has 0 heterocycles. The van der Waals surface area contributed by atoms with E-state index in [0.717, 1.165) is 0 Å². The molecule has 0 saturated carbocycles. The third kappa shape index (κ3) is 7.97. The SMILES string of the molecule is CCCCC(CCC)NC/C=C(/CC)C(=O)O. The van der Waals surface area contributed by atoms with Crippen LogP contribution in [0, 0.1) is 0 Å². The Labute approximate surface area is 105 Å². The number of aliphatic carboxylic acids is 1. The summed E-state index contributed by atoms with van der Waals surface area (Å²) < 4.78 is 0. The molecule has 0 aliphatic heterocycles. The van der Waals surface area contributed by atoms with Crippen LogP contribution in [-0.2, 0) is 4.79 Å². The molecule has 0 radical (unpaired) electrons. The molecule has 1 atom stereocenters. The molecule has 0 fully saturated rings. The molecule has 0 bridgehead atoms. The molecule has 3 nitrogen and oxygen atoms in total. The first kappa shape index (κ1) is 16.2. The van der Waals surface area contributed by atoms with Gasteiger partial charge in [0.05, 0.1) is 0 Å². The van der Waals surface area contributed by atoms with Gasteiger partial charge in [-0.25, -0.2) is 4.79 Å². The van der Waals surface area contributed by atoms with Gasteiger partial charge in [0.1, 0.15) is 0 Å². The zero-order valence-corrected chi connectivity index (χ0v) is 11.5. The molecular weight excluding hydrogens is 214 g/mol. The smallest absolute Gasteiger partial charge is 0.331 e. The van der Waals surface area contributed by atoms with Gasteiger partial charge in [0, 0.05) is 18.2 Å². The average Bonchev–Trinajstić information content (AvgIpc) is 2.30. The average molecular weight is 241 g/mol. The molecular formula is C14H27NO2. The summed E-state index contributed by atoms with van der Waals surface area (Å²) in [5.74, 6) is -0.796. The van der Waals surface area contributed by atoms with Gasteiger partial charge in [0.25, 0.3) is 0 Å². The number of hydrogen-bond donors (Lipinski definition) is 2. The Kier molecular flexibility index (Phi) is 9.83. The molecule has 17 heavy (non-hydrogen) atoms. The van der Waals surface area contributed by atoms with E-state index in [1.54, 1.807) is 6.08 Å². The van der Waals surface area contributed by atoms with Crippen LogP contribution in [-0.4, -0.2) is 23.7 Å². The molecule has 0 aromatic carbocycles. The van der Waals surface area contributed by atoms with Gasteiger partial charge < -0.3 is 10.4 Å². The summed E-state index contributed by atoms with van der Waals surface area (Å²) in [6.07, 6.45) is 8.37. The Bertz CT molecular complexity index is 236. The van der Waals surface area contributed by atoms with Gasteiger partial charge in [-0.1, -0.05) is 46.1 Å². The highest BCUT2D eigenvalue weighted by Gasteiger charge is 2.07. The number of hydrogen-bond acceptors (Lipinski definition) is 2. The van der Waals surface area contributed by atoms with Crippen molar-refractivity contribution in [2.24, 2.45) is 0 Å². The number of nitrogens with one attached hydrogen (secondary N) is 1. The molecule has 0 rings (SSSR count). The van der Waals surface area contributed by atoms with Crippen molar-refractivity contribution in [1.29, 1.82) is 0 Å². The van der Waals surface area contributed by atoms with E-state index in [2.05, 4.69) is 19.2 Å². The molecule has 0 aliphatic carbocycles. The summed E-state index contributed by atoms with van der Waals surface area (Å²) in [6.45, 7) is 6.93. The van der Waals surface area contributed by atoms with Gasteiger partial charge in [0.15, 0.2) is 0 Å². The minimum Gasteiger partial charge on any atom is -0.478 e. The van der Waals surface area contributed by atoms with Crippen LogP contribution in [0.15, 0.2) is 11.6 Å². The third-order valence-corrected chi connectivity index (χ3v) is 2.95. The molecule has 3 heteroatoms. The number of rotatable bonds is 10. The summed E-state index contributed by atoms with van der Waals surface area (Å²) in [5, 5.41) is 12.3. The molecule has 0 amide bonds. The van der Waals surface area contributed by atoms with Crippen molar-refractivity contribution >= 4 is 5.97 Å². The first-order chi connectivity index (χ1) is 8.15. The van der Waals surface area contributed by atoms with E-state index in [4.69, 9.17) is 5.11 Å². The second kappa shape index (κ2) is 10.3. The van der Waals surface area contributed by atoms with Crippen LogP contribution in [0.3, 0.4) is 0 Å². The lowest BCUT2D eigenvalue weighted by Crippen LogP contribution is -2.29. The highest BCUT2D eigenvalue weighted by Crippen LogP contribution is 2.07. The van der Waals surface area contributed by atoms with E-state index in [9.17, 15) is 4.79 Å². The van der Waals surface area contributed by atoms with Crippen molar-refractivity contribution in [3.8, 4) is 0 Å². The summed E-state index contributed by atoms with van der Waals surface area (Å²) in [7, 11) is 0. The molecule has 1 unspecified atom stereocenters. The van der Waals surface area contributed by atoms with Crippen LogP contribution in [0.1, 0.15) is 59.3 Å². The lowest BCUT2D eigenvalue weighted by molar-refractivity contribution is -0.132. The first-order valence-corrected chi connectivity index (χ1v) is 6.81. The van der Waals surface area contributed by atoms with Crippen molar-refractivity contribution < 1.29 is 9.90 Å². The summed E-state index contributed by atoms with van der Waals surface area (Å²) in [4.78, 5) is 10.8. The van der Waals surface area contributed by atoms with Crippen molar-refractivity contribution in [2.75, 3.05) is 6.54 Å². The van der Waals surface area contributed by atoms with E-state index >= 15 is 0 Å². The predicted molar refractivity (Wildman–Crippen MR) is 72.2 cm³/mol. The lowest BCUT2D eigenvalue weighted by atomic mass is 10.1. The van der Waals surface area contributed by atoms with Crippen molar-refractivity contribution in [3.63, 3.8) is 0 Å². The highest BCUT2D eigenvalue weighted by atomic mass is 16.4. The zero-order valence-electron chi connectivity index (χ0n) is 11.5. The van der Waals surface area contributed by atoms with Gasteiger partial charge in [-0.3, -0.25) is 0 Å². The van der Waals surface area contributed by atoms with Gasteiger partial charge >= 0.3 is 5.97 Å². The van der Waals surface area contributed by atoms with E-state index in [0.29, 0.717) is 24.6 Å². The van der Waals surface area contributed by atoms with E-state index in [1.807, 2.05) is 6.92 Å². The largest absolute Gasteiger partial charge is 0.478 e. The number of carboxylic acids is 1. The normalized spacial score (nSPS) is 13.7. The monoisotopic (exact) mass is 241 g/mol. The molecule has 0 aromatic rings. The quantitative estimate of drug-likeness (QED) is 0.577. The molecule has 0 spiro atoms. The van der Waals surface area contributed by atoms with Crippen LogP contribution in [0.2, 0.25) is 0 Å². The van der Waals surface area contributed by atoms with E-state index < -0.39 is 5.97 Å². The fourth-order valence-corrected chi connectivity index (χ4v) is 1.88. The van der Waals surface area contributed by atoms with Crippen LogP contribution in [0.25, 0.3) is 0 Å². The van der Waals surface area contributed by atoms with Crippen LogP contribution >= 0.6 is 0 Å². The van der Waals surface area contributed by atoms with Crippen LogP contribution < -0.4 is 5.32 Å². The predicted octanol–water partition coefficient (Wildman–Crippen LogP) is 3.36. The Balaban J connectivity index is 4.05. The second-order valence-corrected chi connectivity index (χ2v) is 4.42. The first-order valence-electron chi connectivity index (χ1n) is 6.81. The van der Waals surface area contributed by atoms with Crippen LogP contribution in [0.5, 0.6) is 0 Å². The maximum absolute atomic E-state index is 10.8. The van der Waals surface area contributed by atoms with Crippen molar-refractivity contribution in [2.45, 2.75) is 65.3 Å². The Hall–Kier alpha value is -0.830. The van der Waals surface area contributed by atoms with Crippen molar-refractivity contribution in [3.05, 3.63) is 11.6 Å². The van der Waals surface area contributed by atoms with Crippen molar-refractivity contribution in [1.82, 2.24) is 5.32 Å². The topological polar surface area (TPSA) is 49.3 Å². The Morgan fingerprint density at radius 2 is 1.94 bits per heavy atom. The standard InChI is InChI=1S/C14H27NO2/c1-4-7-9-13(8-5-2)15-11-10-12(6-3)14(16)17/h10,13,15H,4-9,11H2,1-3H3,(H,16,17)/b12-10-. The zero-order chi connectivity index (χ0) is 13.1. The highest BCUT2D eigenvalue weighted by molar-refractivity contribution is 5.86. The third-order valence-electron chi connectivity index (χ3n) is 2.95. The van der Waals surface area contributed by atoms with Gasteiger partial charge in [0.2, 0.25) is 0 Å². The fourth-order valence-electron chi connectivity index (χ4n) is 1.88. The minimum atomic E-state index is -0.796. The Morgan fingerprint density at radius 3 is 2.41 bits per heavy atom. The second-order valence-electron chi connectivity index (χ2n) is 4.42. The maximum atomic E-state index is 10.8. The summed E-state index contributed by atoms with van der Waals surface area (Å²) in [5.41, 5.74) is 0.503. The summed E-state index contributed by atoms with van der Waals surface area (Å²) >= 11 is 0. The van der Waals surface area contributed by atoms with Gasteiger partial charge in [-0.2, -0.15) is 0 Å². The number of carbonyl (C=O) groups is 1. The number of carboxylic acid groups (broad SMARTS) is 1. The molecule has 2 N–H and O–H groups in total.